The molecule has 3 nitrogen and oxygen atoms in total. The monoisotopic (exact) mass is 262 g/mol. The summed E-state index contributed by atoms with van der Waals surface area (Å²) in [7, 11) is 0. The molecule has 0 unspecified atom stereocenters. The van der Waals surface area contributed by atoms with E-state index in [-0.39, 0.29) is 5.91 Å². The van der Waals surface area contributed by atoms with E-state index in [4.69, 9.17) is 0 Å². The SMILES string of the molecule is O=C1Nc2ccc(Br)c3c2=C1NC=CC=3. The lowest BCUT2D eigenvalue weighted by molar-refractivity contribution is -0.111. The molecular formula is C11H7BrN2O. The van der Waals surface area contributed by atoms with Gasteiger partial charge in [-0.15, -0.1) is 0 Å². The van der Waals surface area contributed by atoms with Crippen LogP contribution in [0.4, 0.5) is 5.69 Å². The number of nitrogens with one attached hydrogen (secondary N) is 2. The lowest BCUT2D eigenvalue weighted by atomic mass is 10.2. The van der Waals surface area contributed by atoms with E-state index in [0.29, 0.717) is 5.70 Å². The van der Waals surface area contributed by atoms with Crippen LogP contribution in [0.25, 0.3) is 11.8 Å². The molecule has 2 aliphatic rings. The molecule has 0 fully saturated rings. The van der Waals surface area contributed by atoms with Gasteiger partial charge < -0.3 is 10.6 Å². The van der Waals surface area contributed by atoms with Gasteiger partial charge in [-0.2, -0.15) is 0 Å². The van der Waals surface area contributed by atoms with E-state index >= 15 is 0 Å². The molecular weight excluding hydrogens is 256 g/mol. The Morgan fingerprint density at radius 3 is 3.00 bits per heavy atom. The largest absolute Gasteiger partial charge is 0.357 e. The predicted molar refractivity (Wildman–Crippen MR) is 62.2 cm³/mol. The Balaban J connectivity index is 2.57. The summed E-state index contributed by atoms with van der Waals surface area (Å²) in [5.74, 6) is -0.0794. The number of hydrogen-bond acceptors (Lipinski definition) is 2. The lowest BCUT2D eigenvalue weighted by Crippen LogP contribution is -2.29. The van der Waals surface area contributed by atoms with Gasteiger partial charge in [0.1, 0.15) is 5.70 Å². The number of benzene rings is 1. The summed E-state index contributed by atoms with van der Waals surface area (Å²) in [6.07, 6.45) is 5.62. The fourth-order valence-corrected chi connectivity index (χ4v) is 2.30. The van der Waals surface area contributed by atoms with Crippen molar-refractivity contribution in [2.75, 3.05) is 5.32 Å². The van der Waals surface area contributed by atoms with Crippen LogP contribution >= 0.6 is 15.9 Å². The molecule has 0 radical (unpaired) electrons. The van der Waals surface area contributed by atoms with Crippen LogP contribution in [0.3, 0.4) is 0 Å². The molecule has 0 aromatic heterocycles. The van der Waals surface area contributed by atoms with Crippen molar-refractivity contribution in [3.63, 3.8) is 0 Å². The molecule has 1 aromatic rings. The Kier molecular flexibility index (Phi) is 1.73. The predicted octanol–water partition coefficient (Wildman–Crippen LogP) is 0.407. The number of rotatable bonds is 0. The van der Waals surface area contributed by atoms with Crippen LogP contribution in [0.5, 0.6) is 0 Å². The number of carbonyl (C=O) groups is 1. The van der Waals surface area contributed by atoms with Crippen molar-refractivity contribution in [3.8, 4) is 0 Å². The molecule has 3 rings (SSSR count). The topological polar surface area (TPSA) is 41.1 Å². The summed E-state index contributed by atoms with van der Waals surface area (Å²) in [5, 5.41) is 7.78. The maximum absolute atomic E-state index is 11.6. The van der Waals surface area contributed by atoms with Gasteiger partial charge >= 0.3 is 0 Å². The van der Waals surface area contributed by atoms with Crippen molar-refractivity contribution in [1.29, 1.82) is 0 Å². The van der Waals surface area contributed by atoms with Crippen molar-refractivity contribution in [2.45, 2.75) is 0 Å². The minimum atomic E-state index is -0.0794. The summed E-state index contributed by atoms with van der Waals surface area (Å²) in [6.45, 7) is 0. The Morgan fingerprint density at radius 1 is 1.27 bits per heavy atom. The average Bonchev–Trinajstić information content (AvgIpc) is 2.44. The summed E-state index contributed by atoms with van der Waals surface area (Å²) in [4.78, 5) is 11.6. The van der Waals surface area contributed by atoms with Crippen LogP contribution in [0.2, 0.25) is 0 Å². The number of carbonyl (C=O) groups excluding carboxylic acids is 1. The van der Waals surface area contributed by atoms with Gasteiger partial charge in [0.15, 0.2) is 0 Å². The minimum absolute atomic E-state index is 0.0794. The molecule has 0 spiro atoms. The number of halogens is 1. The molecule has 4 heteroatoms. The first kappa shape index (κ1) is 8.73. The fourth-order valence-electron chi connectivity index (χ4n) is 1.84. The van der Waals surface area contributed by atoms with Crippen LogP contribution in [-0.2, 0) is 4.79 Å². The van der Waals surface area contributed by atoms with Crippen LogP contribution in [-0.4, -0.2) is 5.91 Å². The Morgan fingerprint density at radius 2 is 2.13 bits per heavy atom. The van der Waals surface area contributed by atoms with Crippen LogP contribution < -0.4 is 21.1 Å². The average molecular weight is 263 g/mol. The zero-order valence-electron chi connectivity index (χ0n) is 7.67. The third-order valence-corrected chi connectivity index (χ3v) is 3.20. The third kappa shape index (κ3) is 1.15. The van der Waals surface area contributed by atoms with Crippen LogP contribution in [0, 0.1) is 0 Å². The minimum Gasteiger partial charge on any atom is -0.357 e. The van der Waals surface area contributed by atoms with E-state index in [1.54, 1.807) is 6.20 Å². The smallest absolute Gasteiger partial charge is 0.272 e. The zero-order chi connectivity index (χ0) is 10.4. The number of amides is 1. The van der Waals surface area contributed by atoms with Gasteiger partial charge in [-0.25, -0.2) is 0 Å². The summed E-state index contributed by atoms with van der Waals surface area (Å²) < 4.78 is 0.989. The molecule has 0 saturated carbocycles. The highest BCUT2D eigenvalue weighted by molar-refractivity contribution is 9.10. The van der Waals surface area contributed by atoms with E-state index in [9.17, 15) is 4.79 Å². The molecule has 2 aliphatic heterocycles. The number of hydrogen-bond donors (Lipinski definition) is 2. The van der Waals surface area contributed by atoms with Gasteiger partial charge in [-0.3, -0.25) is 4.79 Å². The molecule has 0 atom stereocenters. The van der Waals surface area contributed by atoms with E-state index in [1.807, 2.05) is 24.3 Å². The lowest BCUT2D eigenvalue weighted by Gasteiger charge is -1.97. The van der Waals surface area contributed by atoms with Crippen LogP contribution in [0.1, 0.15) is 0 Å². The standard InChI is InChI=1S/C11H7BrN2O/c12-7-3-4-8-9-6(7)2-1-5-13-10(9)11(15)14-8/h1-5,13H,(H,14,15). The first-order valence-electron chi connectivity index (χ1n) is 4.55. The molecule has 2 N–H and O–H groups in total. The van der Waals surface area contributed by atoms with Gasteiger partial charge in [-0.05, 0) is 18.2 Å². The van der Waals surface area contributed by atoms with E-state index in [1.165, 1.54) is 0 Å². The zero-order valence-corrected chi connectivity index (χ0v) is 9.26. The molecule has 74 valence electrons. The Labute approximate surface area is 94.3 Å². The van der Waals surface area contributed by atoms with Gasteiger partial charge in [0.25, 0.3) is 5.91 Å². The first-order valence-corrected chi connectivity index (χ1v) is 5.34. The highest BCUT2D eigenvalue weighted by atomic mass is 79.9. The van der Waals surface area contributed by atoms with Crippen molar-refractivity contribution < 1.29 is 4.79 Å². The maximum Gasteiger partial charge on any atom is 0.272 e. The highest BCUT2D eigenvalue weighted by Crippen LogP contribution is 2.12. The molecule has 0 saturated heterocycles. The second kappa shape index (κ2) is 2.97. The van der Waals surface area contributed by atoms with Gasteiger partial charge in [0.05, 0.1) is 5.69 Å². The van der Waals surface area contributed by atoms with Crippen molar-refractivity contribution in [3.05, 3.63) is 39.3 Å². The van der Waals surface area contributed by atoms with Gasteiger partial charge in [0, 0.05) is 21.1 Å². The fraction of sp³-hybridized carbons (Fsp3) is 0. The molecule has 2 heterocycles. The Hall–Kier alpha value is -1.55. The van der Waals surface area contributed by atoms with Gasteiger partial charge in [0.2, 0.25) is 0 Å². The number of allylic oxidation sites excluding steroid dienone is 1. The van der Waals surface area contributed by atoms with Crippen molar-refractivity contribution in [1.82, 2.24) is 5.32 Å². The molecule has 0 bridgehead atoms. The highest BCUT2D eigenvalue weighted by Gasteiger charge is 2.21. The van der Waals surface area contributed by atoms with E-state index in [2.05, 4.69) is 26.6 Å². The van der Waals surface area contributed by atoms with Gasteiger partial charge in [-0.1, -0.05) is 22.0 Å². The molecule has 15 heavy (non-hydrogen) atoms. The van der Waals surface area contributed by atoms with E-state index in [0.717, 1.165) is 20.6 Å². The number of anilines is 1. The first-order chi connectivity index (χ1) is 7.27. The summed E-state index contributed by atoms with van der Waals surface area (Å²) in [5.41, 5.74) is 1.48. The molecule has 1 aromatic carbocycles. The van der Waals surface area contributed by atoms with E-state index < -0.39 is 0 Å². The van der Waals surface area contributed by atoms with Crippen LogP contribution in [0.15, 0.2) is 28.9 Å². The third-order valence-electron chi connectivity index (χ3n) is 2.50. The summed E-state index contributed by atoms with van der Waals surface area (Å²) in [6, 6.07) is 3.84. The molecule has 1 amide bonds. The Bertz CT molecular complexity index is 616. The maximum atomic E-state index is 11.6. The second-order valence-corrected chi connectivity index (χ2v) is 4.24. The normalized spacial score (nSPS) is 16.3. The molecule has 0 aliphatic carbocycles. The quantitative estimate of drug-likeness (QED) is 0.711. The van der Waals surface area contributed by atoms with Crippen molar-refractivity contribution >= 4 is 39.3 Å². The summed E-state index contributed by atoms with van der Waals surface area (Å²) >= 11 is 3.48. The van der Waals surface area contributed by atoms with Crippen molar-refractivity contribution in [2.24, 2.45) is 0 Å². The second-order valence-electron chi connectivity index (χ2n) is 3.38.